The molecule has 24 heavy (non-hydrogen) atoms. The summed E-state index contributed by atoms with van der Waals surface area (Å²) in [7, 11) is 0. The van der Waals surface area contributed by atoms with Crippen LogP contribution in [0.5, 0.6) is 11.5 Å². The number of hydrogen-bond donors (Lipinski definition) is 1. The number of benzene rings is 1. The van der Waals surface area contributed by atoms with Crippen LogP contribution in [0.25, 0.3) is 0 Å². The van der Waals surface area contributed by atoms with Gasteiger partial charge in [-0.25, -0.2) is 4.90 Å². The van der Waals surface area contributed by atoms with E-state index in [1.54, 1.807) is 18.2 Å². The minimum absolute atomic E-state index is 0.167. The molecule has 1 saturated carbocycles. The van der Waals surface area contributed by atoms with Crippen LogP contribution in [-0.4, -0.2) is 31.2 Å². The second kappa shape index (κ2) is 6.43. The molecular formula is C18H22N2O4. The van der Waals surface area contributed by atoms with Gasteiger partial charge in [-0.3, -0.25) is 9.59 Å². The molecule has 0 bridgehead atoms. The van der Waals surface area contributed by atoms with Gasteiger partial charge in [0, 0.05) is 6.07 Å². The quantitative estimate of drug-likeness (QED) is 0.858. The Morgan fingerprint density at radius 1 is 1.08 bits per heavy atom. The van der Waals surface area contributed by atoms with Gasteiger partial charge in [0.15, 0.2) is 11.5 Å². The lowest BCUT2D eigenvalue weighted by molar-refractivity contribution is -0.121. The number of carbonyl (C=O) groups is 2. The molecule has 1 aliphatic carbocycles. The van der Waals surface area contributed by atoms with Crippen LogP contribution in [0.3, 0.4) is 0 Å². The summed E-state index contributed by atoms with van der Waals surface area (Å²) >= 11 is 0. The van der Waals surface area contributed by atoms with Crippen molar-refractivity contribution in [2.45, 2.75) is 44.6 Å². The summed E-state index contributed by atoms with van der Waals surface area (Å²) in [5.41, 5.74) is 0.552. The normalized spacial score (nSPS) is 24.0. The van der Waals surface area contributed by atoms with E-state index in [0.717, 1.165) is 6.54 Å². The van der Waals surface area contributed by atoms with Crippen LogP contribution < -0.4 is 19.7 Å². The van der Waals surface area contributed by atoms with Crippen molar-refractivity contribution >= 4 is 17.5 Å². The van der Waals surface area contributed by atoms with Gasteiger partial charge in [0.05, 0.1) is 18.2 Å². The molecule has 3 aliphatic rings. The van der Waals surface area contributed by atoms with Crippen molar-refractivity contribution in [1.82, 2.24) is 5.32 Å². The van der Waals surface area contributed by atoms with Crippen LogP contribution >= 0.6 is 0 Å². The van der Waals surface area contributed by atoms with E-state index in [2.05, 4.69) is 5.32 Å². The molecule has 1 aromatic rings. The number of nitrogens with zero attached hydrogens (tertiary/aromatic N) is 1. The smallest absolute Gasteiger partial charge is 0.251 e. The predicted molar refractivity (Wildman–Crippen MR) is 88.0 cm³/mol. The Bertz CT molecular complexity index is 654. The van der Waals surface area contributed by atoms with E-state index in [1.807, 2.05) is 0 Å². The Hall–Kier alpha value is -2.08. The van der Waals surface area contributed by atoms with Crippen LogP contribution in [0.2, 0.25) is 0 Å². The third-order valence-corrected chi connectivity index (χ3v) is 5.14. The lowest BCUT2D eigenvalue weighted by atomic mass is 9.89. The third kappa shape index (κ3) is 2.86. The summed E-state index contributed by atoms with van der Waals surface area (Å²) < 4.78 is 10.6. The summed E-state index contributed by atoms with van der Waals surface area (Å²) in [5.74, 6) is 1.51. The Morgan fingerprint density at radius 3 is 2.71 bits per heavy atom. The zero-order chi connectivity index (χ0) is 16.5. The molecule has 2 amide bonds. The predicted octanol–water partition coefficient (Wildman–Crippen LogP) is 2.22. The number of carbonyl (C=O) groups excluding carboxylic acids is 2. The fourth-order valence-corrected chi connectivity index (χ4v) is 3.79. The first-order chi connectivity index (χ1) is 11.7. The fraction of sp³-hybridized carbons (Fsp3) is 0.556. The van der Waals surface area contributed by atoms with Crippen LogP contribution in [0.4, 0.5) is 5.69 Å². The van der Waals surface area contributed by atoms with Crippen molar-refractivity contribution in [2.24, 2.45) is 5.92 Å². The number of ether oxygens (including phenoxy) is 2. The maximum atomic E-state index is 12.7. The van der Waals surface area contributed by atoms with Gasteiger partial charge in [-0.05, 0) is 37.4 Å². The van der Waals surface area contributed by atoms with Gasteiger partial charge in [-0.2, -0.15) is 0 Å². The first-order valence-corrected chi connectivity index (χ1v) is 8.72. The standard InChI is InChI=1S/C18H22N2O4/c21-17-9-14(19-10-12-4-2-1-3-5-12)18(22)20(17)13-6-7-15-16(8-13)24-11-23-15/h6-8,12,14,19H,1-5,9-11H2. The first kappa shape index (κ1) is 15.4. The fourth-order valence-electron chi connectivity index (χ4n) is 3.79. The lowest BCUT2D eigenvalue weighted by Gasteiger charge is -2.23. The van der Waals surface area contributed by atoms with E-state index < -0.39 is 6.04 Å². The average molecular weight is 330 g/mol. The van der Waals surface area contributed by atoms with Crippen molar-refractivity contribution < 1.29 is 19.1 Å². The highest BCUT2D eigenvalue weighted by molar-refractivity contribution is 6.22. The van der Waals surface area contributed by atoms with Crippen molar-refractivity contribution in [3.63, 3.8) is 0 Å². The number of fused-ring (bicyclic) bond motifs is 1. The van der Waals surface area contributed by atoms with Crippen LogP contribution in [0, 0.1) is 5.92 Å². The molecular weight excluding hydrogens is 308 g/mol. The molecule has 1 aromatic carbocycles. The summed E-state index contributed by atoms with van der Waals surface area (Å²) in [4.78, 5) is 26.3. The van der Waals surface area contributed by atoms with Crippen LogP contribution in [0.15, 0.2) is 18.2 Å². The van der Waals surface area contributed by atoms with E-state index in [-0.39, 0.29) is 25.0 Å². The number of amides is 2. The maximum absolute atomic E-state index is 12.7. The number of anilines is 1. The van der Waals surface area contributed by atoms with Crippen LogP contribution in [-0.2, 0) is 9.59 Å². The first-order valence-electron chi connectivity index (χ1n) is 8.72. The monoisotopic (exact) mass is 330 g/mol. The van der Waals surface area contributed by atoms with Gasteiger partial charge < -0.3 is 14.8 Å². The number of nitrogens with one attached hydrogen (secondary N) is 1. The zero-order valence-corrected chi connectivity index (χ0v) is 13.6. The minimum atomic E-state index is -0.412. The molecule has 2 aliphatic heterocycles. The van der Waals surface area contributed by atoms with Crippen molar-refractivity contribution in [3.05, 3.63) is 18.2 Å². The highest BCUT2D eigenvalue weighted by Crippen LogP contribution is 2.36. The average Bonchev–Trinajstić information content (AvgIpc) is 3.17. The summed E-state index contributed by atoms with van der Waals surface area (Å²) in [5, 5.41) is 3.32. The Labute approximate surface area is 141 Å². The zero-order valence-electron chi connectivity index (χ0n) is 13.6. The third-order valence-electron chi connectivity index (χ3n) is 5.14. The summed E-state index contributed by atoms with van der Waals surface area (Å²) in [6.45, 7) is 0.991. The lowest BCUT2D eigenvalue weighted by Crippen LogP contribution is -2.41. The van der Waals surface area contributed by atoms with Gasteiger partial charge in [-0.1, -0.05) is 19.3 Å². The Morgan fingerprint density at radius 2 is 1.88 bits per heavy atom. The Kier molecular flexibility index (Phi) is 4.14. The van der Waals surface area contributed by atoms with Gasteiger partial charge in [0.2, 0.25) is 12.7 Å². The molecule has 2 heterocycles. The largest absolute Gasteiger partial charge is 0.454 e. The van der Waals surface area contributed by atoms with Gasteiger partial charge in [-0.15, -0.1) is 0 Å². The maximum Gasteiger partial charge on any atom is 0.251 e. The molecule has 4 rings (SSSR count). The van der Waals surface area contributed by atoms with Gasteiger partial charge in [0.1, 0.15) is 0 Å². The van der Waals surface area contributed by atoms with Crippen molar-refractivity contribution in [2.75, 3.05) is 18.2 Å². The molecule has 1 N–H and O–H groups in total. The number of rotatable bonds is 4. The second-order valence-corrected chi connectivity index (χ2v) is 6.77. The second-order valence-electron chi connectivity index (χ2n) is 6.77. The van der Waals surface area contributed by atoms with E-state index in [1.165, 1.54) is 37.0 Å². The van der Waals surface area contributed by atoms with E-state index in [4.69, 9.17) is 9.47 Å². The number of imide groups is 1. The number of hydrogen-bond acceptors (Lipinski definition) is 5. The molecule has 1 unspecified atom stereocenters. The highest BCUT2D eigenvalue weighted by Gasteiger charge is 2.40. The molecule has 0 radical (unpaired) electrons. The molecule has 0 spiro atoms. The SMILES string of the molecule is O=C1CC(NCC2CCCCC2)C(=O)N1c1ccc2c(c1)OCO2. The van der Waals surface area contributed by atoms with E-state index in [0.29, 0.717) is 23.1 Å². The Balaban J connectivity index is 1.43. The van der Waals surface area contributed by atoms with Crippen LogP contribution in [0.1, 0.15) is 38.5 Å². The molecule has 6 heteroatoms. The molecule has 1 atom stereocenters. The summed E-state index contributed by atoms with van der Waals surface area (Å²) in [6.07, 6.45) is 6.51. The van der Waals surface area contributed by atoms with E-state index in [9.17, 15) is 9.59 Å². The molecule has 0 aromatic heterocycles. The minimum Gasteiger partial charge on any atom is -0.454 e. The van der Waals surface area contributed by atoms with Crippen molar-refractivity contribution in [1.29, 1.82) is 0 Å². The van der Waals surface area contributed by atoms with E-state index >= 15 is 0 Å². The topological polar surface area (TPSA) is 67.9 Å². The molecule has 1 saturated heterocycles. The highest BCUT2D eigenvalue weighted by atomic mass is 16.7. The van der Waals surface area contributed by atoms with Crippen molar-refractivity contribution in [3.8, 4) is 11.5 Å². The summed E-state index contributed by atoms with van der Waals surface area (Å²) in [6, 6.07) is 4.75. The van der Waals surface area contributed by atoms with Gasteiger partial charge in [0.25, 0.3) is 5.91 Å². The van der Waals surface area contributed by atoms with Gasteiger partial charge >= 0.3 is 0 Å². The molecule has 2 fully saturated rings. The molecule has 6 nitrogen and oxygen atoms in total. The molecule has 128 valence electrons.